The SMILES string of the molecule is CN1C(=O)CCC1Nc1ccc(Br)cc1. The van der Waals surface area contributed by atoms with Crippen LogP contribution in [0.3, 0.4) is 0 Å². The van der Waals surface area contributed by atoms with Gasteiger partial charge in [-0.2, -0.15) is 0 Å². The number of benzene rings is 1. The second-order valence-corrected chi connectivity index (χ2v) is 4.63. The smallest absolute Gasteiger partial charge is 0.224 e. The molecule has 1 saturated heterocycles. The maximum Gasteiger partial charge on any atom is 0.224 e. The van der Waals surface area contributed by atoms with Gasteiger partial charge in [0.1, 0.15) is 6.17 Å². The number of anilines is 1. The van der Waals surface area contributed by atoms with E-state index in [9.17, 15) is 4.79 Å². The third-order valence-electron chi connectivity index (χ3n) is 2.67. The Hall–Kier alpha value is -1.03. The number of carbonyl (C=O) groups is 1. The molecule has 1 N–H and O–H groups in total. The fraction of sp³-hybridized carbons (Fsp3) is 0.364. The van der Waals surface area contributed by atoms with Crippen LogP contribution in [0.1, 0.15) is 12.8 Å². The lowest BCUT2D eigenvalue weighted by Gasteiger charge is -2.22. The minimum Gasteiger partial charge on any atom is -0.365 e. The molecule has 0 aromatic heterocycles. The molecule has 2 rings (SSSR count). The molecule has 15 heavy (non-hydrogen) atoms. The Kier molecular flexibility index (Phi) is 2.95. The lowest BCUT2D eigenvalue weighted by atomic mass is 10.3. The highest BCUT2D eigenvalue weighted by molar-refractivity contribution is 9.10. The summed E-state index contributed by atoms with van der Waals surface area (Å²) in [5.74, 6) is 0.213. The molecular formula is C11H13BrN2O. The van der Waals surface area contributed by atoms with Crippen LogP contribution >= 0.6 is 15.9 Å². The summed E-state index contributed by atoms with van der Waals surface area (Å²) in [4.78, 5) is 13.1. The monoisotopic (exact) mass is 268 g/mol. The quantitative estimate of drug-likeness (QED) is 0.894. The van der Waals surface area contributed by atoms with E-state index in [1.807, 2.05) is 31.3 Å². The number of likely N-dealkylation sites (tertiary alicyclic amines) is 1. The van der Waals surface area contributed by atoms with Gasteiger partial charge < -0.3 is 10.2 Å². The van der Waals surface area contributed by atoms with Gasteiger partial charge in [0, 0.05) is 23.6 Å². The number of nitrogens with zero attached hydrogens (tertiary/aromatic N) is 1. The average molecular weight is 269 g/mol. The number of carbonyl (C=O) groups excluding carboxylic acids is 1. The van der Waals surface area contributed by atoms with Crippen LogP contribution in [0.15, 0.2) is 28.7 Å². The summed E-state index contributed by atoms with van der Waals surface area (Å²) in [5.41, 5.74) is 1.05. The second kappa shape index (κ2) is 4.23. The Morgan fingerprint density at radius 3 is 2.60 bits per heavy atom. The number of hydrogen-bond donors (Lipinski definition) is 1. The summed E-state index contributed by atoms with van der Waals surface area (Å²) >= 11 is 3.39. The van der Waals surface area contributed by atoms with E-state index in [0.717, 1.165) is 16.6 Å². The third kappa shape index (κ3) is 2.31. The van der Waals surface area contributed by atoms with E-state index < -0.39 is 0 Å². The molecule has 4 heteroatoms. The van der Waals surface area contributed by atoms with Crippen molar-refractivity contribution in [2.45, 2.75) is 19.0 Å². The molecule has 0 aliphatic carbocycles. The normalized spacial score (nSPS) is 20.8. The molecule has 0 bridgehead atoms. The van der Waals surface area contributed by atoms with Gasteiger partial charge in [-0.05, 0) is 30.7 Å². The van der Waals surface area contributed by atoms with Gasteiger partial charge >= 0.3 is 0 Å². The van der Waals surface area contributed by atoms with Gasteiger partial charge in [-0.15, -0.1) is 0 Å². The molecule has 80 valence electrons. The fourth-order valence-electron chi connectivity index (χ4n) is 1.71. The number of amides is 1. The molecule has 1 fully saturated rings. The zero-order chi connectivity index (χ0) is 10.8. The first-order valence-corrected chi connectivity index (χ1v) is 5.74. The molecule has 1 atom stereocenters. The fourth-order valence-corrected chi connectivity index (χ4v) is 1.98. The molecule has 1 aromatic carbocycles. The third-order valence-corrected chi connectivity index (χ3v) is 3.20. The number of nitrogens with one attached hydrogen (secondary N) is 1. The van der Waals surface area contributed by atoms with Crippen LogP contribution in [0.5, 0.6) is 0 Å². The van der Waals surface area contributed by atoms with E-state index in [1.165, 1.54) is 0 Å². The van der Waals surface area contributed by atoms with E-state index in [0.29, 0.717) is 6.42 Å². The maximum absolute atomic E-state index is 11.3. The summed E-state index contributed by atoms with van der Waals surface area (Å²) in [6, 6.07) is 7.97. The van der Waals surface area contributed by atoms with Crippen LogP contribution in [0.2, 0.25) is 0 Å². The molecule has 1 amide bonds. The Morgan fingerprint density at radius 2 is 2.07 bits per heavy atom. The second-order valence-electron chi connectivity index (χ2n) is 3.71. The first kappa shape index (κ1) is 10.5. The molecule has 1 unspecified atom stereocenters. The first-order chi connectivity index (χ1) is 7.16. The molecule has 0 spiro atoms. The van der Waals surface area contributed by atoms with E-state index in [4.69, 9.17) is 0 Å². The Morgan fingerprint density at radius 1 is 1.40 bits per heavy atom. The molecule has 1 aromatic rings. The molecule has 3 nitrogen and oxygen atoms in total. The van der Waals surface area contributed by atoms with Gasteiger partial charge in [-0.1, -0.05) is 15.9 Å². The van der Waals surface area contributed by atoms with Crippen molar-refractivity contribution in [1.82, 2.24) is 4.90 Å². The van der Waals surface area contributed by atoms with Crippen molar-refractivity contribution < 1.29 is 4.79 Å². The zero-order valence-electron chi connectivity index (χ0n) is 8.53. The zero-order valence-corrected chi connectivity index (χ0v) is 10.1. The van der Waals surface area contributed by atoms with Crippen molar-refractivity contribution in [3.8, 4) is 0 Å². The maximum atomic E-state index is 11.3. The molecular weight excluding hydrogens is 256 g/mol. The highest BCUT2D eigenvalue weighted by atomic mass is 79.9. The van der Waals surface area contributed by atoms with Crippen molar-refractivity contribution in [3.05, 3.63) is 28.7 Å². The summed E-state index contributed by atoms with van der Waals surface area (Å²) in [7, 11) is 1.84. The van der Waals surface area contributed by atoms with Gasteiger partial charge in [-0.3, -0.25) is 4.79 Å². The number of rotatable bonds is 2. The average Bonchev–Trinajstić information content (AvgIpc) is 2.53. The Labute approximate surface area is 97.6 Å². The number of hydrogen-bond acceptors (Lipinski definition) is 2. The topological polar surface area (TPSA) is 32.3 Å². The standard InChI is InChI=1S/C11H13BrN2O/c1-14-10(6-7-11(14)15)13-9-4-2-8(12)3-5-9/h2-5,10,13H,6-7H2,1H3. The van der Waals surface area contributed by atoms with Gasteiger partial charge in [-0.25, -0.2) is 0 Å². The van der Waals surface area contributed by atoms with E-state index in [2.05, 4.69) is 21.2 Å². The van der Waals surface area contributed by atoms with Gasteiger partial charge in [0.2, 0.25) is 5.91 Å². The highest BCUT2D eigenvalue weighted by Crippen LogP contribution is 2.20. The lowest BCUT2D eigenvalue weighted by molar-refractivity contribution is -0.127. The predicted octanol–water partition coefficient (Wildman–Crippen LogP) is 2.44. The minimum atomic E-state index is 0.138. The molecule has 1 aliphatic heterocycles. The Bertz CT molecular complexity index is 363. The molecule has 0 saturated carbocycles. The lowest BCUT2D eigenvalue weighted by Crippen LogP contribution is -2.34. The number of halogens is 1. The van der Waals surface area contributed by atoms with Crippen LogP contribution in [0.4, 0.5) is 5.69 Å². The van der Waals surface area contributed by atoms with Crippen LogP contribution < -0.4 is 5.32 Å². The predicted molar refractivity (Wildman–Crippen MR) is 63.6 cm³/mol. The summed E-state index contributed by atoms with van der Waals surface area (Å²) in [6.07, 6.45) is 1.66. The van der Waals surface area contributed by atoms with Crippen molar-refractivity contribution in [3.63, 3.8) is 0 Å². The molecule has 1 heterocycles. The minimum absolute atomic E-state index is 0.138. The van der Waals surface area contributed by atoms with Gasteiger partial charge in [0.15, 0.2) is 0 Å². The Balaban J connectivity index is 2.03. The van der Waals surface area contributed by atoms with E-state index in [-0.39, 0.29) is 12.1 Å². The van der Waals surface area contributed by atoms with Crippen molar-refractivity contribution >= 4 is 27.5 Å². The van der Waals surface area contributed by atoms with Crippen molar-refractivity contribution in [2.24, 2.45) is 0 Å². The van der Waals surface area contributed by atoms with Crippen molar-refractivity contribution in [2.75, 3.05) is 12.4 Å². The van der Waals surface area contributed by atoms with Crippen LogP contribution in [-0.4, -0.2) is 24.0 Å². The summed E-state index contributed by atoms with van der Waals surface area (Å²) in [6.45, 7) is 0. The largest absolute Gasteiger partial charge is 0.365 e. The highest BCUT2D eigenvalue weighted by Gasteiger charge is 2.26. The van der Waals surface area contributed by atoms with E-state index in [1.54, 1.807) is 4.90 Å². The van der Waals surface area contributed by atoms with Crippen LogP contribution in [-0.2, 0) is 4.79 Å². The van der Waals surface area contributed by atoms with E-state index >= 15 is 0 Å². The summed E-state index contributed by atoms with van der Waals surface area (Å²) < 4.78 is 1.06. The van der Waals surface area contributed by atoms with Gasteiger partial charge in [0.25, 0.3) is 0 Å². The van der Waals surface area contributed by atoms with Crippen molar-refractivity contribution in [1.29, 1.82) is 0 Å². The molecule has 1 aliphatic rings. The molecule has 0 radical (unpaired) electrons. The van der Waals surface area contributed by atoms with Crippen LogP contribution in [0, 0.1) is 0 Å². The summed E-state index contributed by atoms with van der Waals surface area (Å²) in [5, 5.41) is 3.33. The first-order valence-electron chi connectivity index (χ1n) is 4.94. The van der Waals surface area contributed by atoms with Crippen LogP contribution in [0.25, 0.3) is 0 Å². The van der Waals surface area contributed by atoms with Gasteiger partial charge in [0.05, 0.1) is 0 Å².